The van der Waals surface area contributed by atoms with E-state index in [1.807, 2.05) is 48.8 Å². The number of hydrogen-bond donors (Lipinski definition) is 1. The van der Waals surface area contributed by atoms with Crippen LogP contribution in [-0.2, 0) is 11.8 Å². The fourth-order valence-corrected chi connectivity index (χ4v) is 2.09. The minimum absolute atomic E-state index is 0.0810. The molecule has 19 heavy (non-hydrogen) atoms. The SMILES string of the molecule is CN(C)C(/C=C/C(=O)O)c1ccc2c(c1)ncn2C. The lowest BCUT2D eigenvalue weighted by Gasteiger charge is -2.21. The minimum atomic E-state index is -0.939. The molecule has 0 saturated carbocycles. The molecule has 0 radical (unpaired) electrons. The Kier molecular flexibility index (Phi) is 3.66. The number of carboxylic acids is 1. The van der Waals surface area contributed by atoms with Gasteiger partial charge in [0.15, 0.2) is 0 Å². The molecular weight excluding hydrogens is 242 g/mol. The van der Waals surface area contributed by atoms with Crippen molar-refractivity contribution in [3.63, 3.8) is 0 Å². The first-order chi connectivity index (χ1) is 8.99. The summed E-state index contributed by atoms with van der Waals surface area (Å²) in [6.45, 7) is 0. The molecule has 0 aliphatic rings. The van der Waals surface area contributed by atoms with Crippen molar-refractivity contribution >= 4 is 17.0 Å². The number of imidazole rings is 1. The highest BCUT2D eigenvalue weighted by atomic mass is 16.4. The summed E-state index contributed by atoms with van der Waals surface area (Å²) in [5.74, 6) is -0.939. The Morgan fingerprint density at radius 2 is 2.21 bits per heavy atom. The largest absolute Gasteiger partial charge is 0.478 e. The van der Waals surface area contributed by atoms with E-state index in [1.54, 1.807) is 12.4 Å². The van der Waals surface area contributed by atoms with Crippen LogP contribution >= 0.6 is 0 Å². The summed E-state index contributed by atoms with van der Waals surface area (Å²) >= 11 is 0. The van der Waals surface area contributed by atoms with Gasteiger partial charge in [-0.3, -0.25) is 4.90 Å². The number of carboxylic acid groups (broad SMARTS) is 1. The second kappa shape index (κ2) is 5.24. The number of hydrogen-bond acceptors (Lipinski definition) is 3. The Morgan fingerprint density at radius 1 is 1.47 bits per heavy atom. The van der Waals surface area contributed by atoms with Crippen LogP contribution in [0, 0.1) is 0 Å². The Morgan fingerprint density at radius 3 is 2.84 bits per heavy atom. The van der Waals surface area contributed by atoms with E-state index in [0.29, 0.717) is 0 Å². The number of nitrogens with zero attached hydrogens (tertiary/aromatic N) is 3. The van der Waals surface area contributed by atoms with Gasteiger partial charge in [-0.25, -0.2) is 9.78 Å². The van der Waals surface area contributed by atoms with Crippen LogP contribution in [0.3, 0.4) is 0 Å². The summed E-state index contributed by atoms with van der Waals surface area (Å²) in [5, 5.41) is 8.75. The van der Waals surface area contributed by atoms with Crippen molar-refractivity contribution in [2.24, 2.45) is 7.05 Å². The third kappa shape index (κ3) is 2.82. The normalized spacial score (nSPS) is 13.5. The van der Waals surface area contributed by atoms with Gasteiger partial charge < -0.3 is 9.67 Å². The third-order valence-electron chi connectivity index (χ3n) is 3.07. The Labute approximate surface area is 111 Å². The number of rotatable bonds is 4. The Hall–Kier alpha value is -2.14. The molecule has 0 fully saturated rings. The number of benzene rings is 1. The molecule has 2 aromatic rings. The van der Waals surface area contributed by atoms with Gasteiger partial charge in [-0.15, -0.1) is 0 Å². The lowest BCUT2D eigenvalue weighted by atomic mass is 10.0. The topological polar surface area (TPSA) is 58.4 Å². The van der Waals surface area contributed by atoms with Gasteiger partial charge in [-0.2, -0.15) is 0 Å². The van der Waals surface area contributed by atoms with E-state index >= 15 is 0 Å². The maximum atomic E-state index is 10.7. The molecule has 0 bridgehead atoms. The molecule has 2 rings (SSSR count). The van der Waals surface area contributed by atoms with E-state index in [9.17, 15) is 4.79 Å². The summed E-state index contributed by atoms with van der Waals surface area (Å²) in [5.41, 5.74) is 2.99. The number of fused-ring (bicyclic) bond motifs is 1. The molecule has 0 saturated heterocycles. The molecular formula is C14H17N3O2. The van der Waals surface area contributed by atoms with Gasteiger partial charge in [0.25, 0.3) is 0 Å². The van der Waals surface area contributed by atoms with E-state index in [-0.39, 0.29) is 6.04 Å². The summed E-state index contributed by atoms with van der Waals surface area (Å²) in [6, 6.07) is 5.91. The van der Waals surface area contributed by atoms with Crippen molar-refractivity contribution in [3.8, 4) is 0 Å². The average molecular weight is 259 g/mol. The fraction of sp³-hybridized carbons (Fsp3) is 0.286. The third-order valence-corrected chi connectivity index (χ3v) is 3.07. The molecule has 1 aromatic heterocycles. The van der Waals surface area contributed by atoms with E-state index < -0.39 is 5.97 Å². The van der Waals surface area contributed by atoms with Crippen molar-refractivity contribution in [2.45, 2.75) is 6.04 Å². The van der Waals surface area contributed by atoms with E-state index in [4.69, 9.17) is 5.11 Å². The minimum Gasteiger partial charge on any atom is -0.478 e. The number of carbonyl (C=O) groups is 1. The van der Waals surface area contributed by atoms with Crippen LogP contribution in [0.25, 0.3) is 11.0 Å². The van der Waals surface area contributed by atoms with Gasteiger partial charge in [0.2, 0.25) is 0 Å². The summed E-state index contributed by atoms with van der Waals surface area (Å²) in [4.78, 5) is 16.9. The van der Waals surface area contributed by atoms with Crippen LogP contribution in [-0.4, -0.2) is 39.6 Å². The molecule has 0 aliphatic carbocycles. The van der Waals surface area contributed by atoms with Crippen molar-refractivity contribution in [1.29, 1.82) is 0 Å². The summed E-state index contributed by atoms with van der Waals surface area (Å²) < 4.78 is 1.96. The van der Waals surface area contributed by atoms with E-state index in [1.165, 1.54) is 6.08 Å². The molecule has 0 aliphatic heterocycles. The molecule has 100 valence electrons. The first kappa shape index (κ1) is 13.3. The van der Waals surface area contributed by atoms with Gasteiger partial charge >= 0.3 is 5.97 Å². The van der Waals surface area contributed by atoms with Crippen LogP contribution in [0.15, 0.2) is 36.7 Å². The lowest BCUT2D eigenvalue weighted by Crippen LogP contribution is -2.18. The second-order valence-electron chi connectivity index (χ2n) is 4.71. The van der Waals surface area contributed by atoms with Crippen molar-refractivity contribution in [1.82, 2.24) is 14.5 Å². The van der Waals surface area contributed by atoms with Crippen LogP contribution in [0.1, 0.15) is 11.6 Å². The van der Waals surface area contributed by atoms with Gasteiger partial charge in [0, 0.05) is 13.1 Å². The Balaban J connectivity index is 2.41. The number of aromatic nitrogens is 2. The molecule has 5 heteroatoms. The van der Waals surface area contributed by atoms with Crippen molar-refractivity contribution < 1.29 is 9.90 Å². The number of aliphatic carboxylic acids is 1. The maximum Gasteiger partial charge on any atom is 0.328 e. The molecule has 1 heterocycles. The van der Waals surface area contributed by atoms with Crippen molar-refractivity contribution in [2.75, 3.05) is 14.1 Å². The zero-order valence-electron chi connectivity index (χ0n) is 11.2. The zero-order valence-corrected chi connectivity index (χ0v) is 11.2. The Bertz CT molecular complexity index is 629. The fourth-order valence-electron chi connectivity index (χ4n) is 2.09. The summed E-state index contributed by atoms with van der Waals surface area (Å²) in [6.07, 6.45) is 4.62. The smallest absolute Gasteiger partial charge is 0.328 e. The molecule has 1 atom stereocenters. The highest BCUT2D eigenvalue weighted by molar-refractivity contribution is 5.80. The first-order valence-corrected chi connectivity index (χ1v) is 5.97. The molecule has 0 spiro atoms. The van der Waals surface area contributed by atoms with Gasteiger partial charge in [-0.1, -0.05) is 12.1 Å². The van der Waals surface area contributed by atoms with Gasteiger partial charge in [0.05, 0.1) is 23.4 Å². The molecule has 1 aromatic carbocycles. The predicted octanol–water partition coefficient (Wildman–Crippen LogP) is 1.82. The van der Waals surface area contributed by atoms with Crippen LogP contribution in [0.4, 0.5) is 0 Å². The van der Waals surface area contributed by atoms with Gasteiger partial charge in [-0.05, 0) is 31.8 Å². The molecule has 1 unspecified atom stereocenters. The summed E-state index contributed by atoms with van der Waals surface area (Å²) in [7, 11) is 5.78. The number of aryl methyl sites for hydroxylation is 1. The van der Waals surface area contributed by atoms with E-state index in [0.717, 1.165) is 16.6 Å². The van der Waals surface area contributed by atoms with Gasteiger partial charge in [0.1, 0.15) is 0 Å². The second-order valence-corrected chi connectivity index (χ2v) is 4.71. The predicted molar refractivity (Wildman–Crippen MR) is 73.9 cm³/mol. The van der Waals surface area contributed by atoms with Crippen LogP contribution < -0.4 is 0 Å². The molecule has 5 nitrogen and oxygen atoms in total. The van der Waals surface area contributed by atoms with Crippen molar-refractivity contribution in [3.05, 3.63) is 42.2 Å². The maximum absolute atomic E-state index is 10.7. The number of likely N-dealkylation sites (N-methyl/N-ethyl adjacent to an activating group) is 1. The standard InChI is InChI=1S/C14H17N3O2/c1-16(2)12(6-7-14(18)19)10-4-5-13-11(8-10)15-9-17(13)3/h4-9,12H,1-3H3,(H,18,19)/b7-6+. The monoisotopic (exact) mass is 259 g/mol. The van der Waals surface area contributed by atoms with Crippen LogP contribution in [0.2, 0.25) is 0 Å². The molecule has 0 amide bonds. The molecule has 1 N–H and O–H groups in total. The van der Waals surface area contributed by atoms with E-state index in [2.05, 4.69) is 4.98 Å². The first-order valence-electron chi connectivity index (χ1n) is 5.97. The zero-order chi connectivity index (χ0) is 14.0. The highest BCUT2D eigenvalue weighted by Crippen LogP contribution is 2.23. The lowest BCUT2D eigenvalue weighted by molar-refractivity contribution is -0.131. The van der Waals surface area contributed by atoms with Crippen LogP contribution in [0.5, 0.6) is 0 Å². The quantitative estimate of drug-likeness (QED) is 0.851. The average Bonchev–Trinajstić information content (AvgIpc) is 2.70. The highest BCUT2D eigenvalue weighted by Gasteiger charge is 2.12.